The number of aromatic nitrogens is 4. The first-order valence-corrected chi connectivity index (χ1v) is 10.9. The molecule has 8 heteroatoms. The summed E-state index contributed by atoms with van der Waals surface area (Å²) in [4.78, 5) is 14.9. The van der Waals surface area contributed by atoms with Gasteiger partial charge in [-0.05, 0) is 64.4 Å². The molecule has 0 unspecified atom stereocenters. The Morgan fingerprint density at radius 3 is 2.58 bits per heavy atom. The first-order valence-electron chi connectivity index (χ1n) is 10.5. The number of carbonyl (C=O) groups excluding carboxylic acids is 1. The molecule has 1 aliphatic heterocycles. The van der Waals surface area contributed by atoms with E-state index in [1.165, 1.54) is 0 Å². The van der Waals surface area contributed by atoms with Crippen molar-refractivity contribution in [2.75, 3.05) is 16.8 Å². The minimum Gasteiger partial charge on any atom is -0.325 e. The van der Waals surface area contributed by atoms with Crippen LogP contribution in [0.3, 0.4) is 0 Å². The number of tetrazole rings is 1. The molecule has 2 heterocycles. The number of hydrogen-bond donors (Lipinski definition) is 1. The standard InChI is InChI=1S/C25H21ClN6O/c1-17-6-5-9-21(14-17)27-24(33)16-31-22(19-10-12-20(26)13-11-19)15-23(18-7-3-2-4-8-18)32-25(31)28-29-30-32/h2-15,23H,16H2,1H3,(H,27,33)/t23-/m1/s1. The van der Waals surface area contributed by atoms with Crippen molar-refractivity contribution in [2.45, 2.75) is 13.0 Å². The monoisotopic (exact) mass is 456 g/mol. The van der Waals surface area contributed by atoms with Crippen LogP contribution in [-0.4, -0.2) is 32.7 Å². The Labute approximate surface area is 196 Å². The van der Waals surface area contributed by atoms with Crippen LogP contribution in [0, 0.1) is 6.92 Å². The zero-order chi connectivity index (χ0) is 22.8. The van der Waals surface area contributed by atoms with Crippen LogP contribution < -0.4 is 10.2 Å². The minimum absolute atomic E-state index is 0.0459. The minimum atomic E-state index is -0.210. The number of allylic oxidation sites excluding steroid dienone is 1. The van der Waals surface area contributed by atoms with E-state index in [1.807, 2.05) is 90.7 Å². The molecule has 164 valence electrons. The Morgan fingerprint density at radius 2 is 1.82 bits per heavy atom. The molecule has 1 amide bonds. The number of anilines is 2. The molecule has 1 aliphatic rings. The zero-order valence-electron chi connectivity index (χ0n) is 17.9. The lowest BCUT2D eigenvalue weighted by Crippen LogP contribution is -2.37. The van der Waals surface area contributed by atoms with Gasteiger partial charge in [-0.1, -0.05) is 71.3 Å². The van der Waals surface area contributed by atoms with Crippen LogP contribution in [-0.2, 0) is 4.79 Å². The van der Waals surface area contributed by atoms with Gasteiger partial charge >= 0.3 is 0 Å². The van der Waals surface area contributed by atoms with Gasteiger partial charge in [0.25, 0.3) is 5.95 Å². The molecular formula is C25H21ClN6O. The summed E-state index contributed by atoms with van der Waals surface area (Å²) in [5.74, 6) is 0.323. The predicted octanol–water partition coefficient (Wildman–Crippen LogP) is 4.72. The van der Waals surface area contributed by atoms with Gasteiger partial charge in [0.15, 0.2) is 0 Å². The summed E-state index contributed by atoms with van der Waals surface area (Å²) >= 11 is 6.13. The molecular weight excluding hydrogens is 436 g/mol. The Kier molecular flexibility index (Phi) is 5.62. The van der Waals surface area contributed by atoms with Crippen LogP contribution in [0.25, 0.3) is 5.70 Å². The summed E-state index contributed by atoms with van der Waals surface area (Å²) in [6, 6.07) is 25.0. The summed E-state index contributed by atoms with van der Waals surface area (Å²) in [7, 11) is 0. The molecule has 33 heavy (non-hydrogen) atoms. The number of halogens is 1. The average molecular weight is 457 g/mol. The van der Waals surface area contributed by atoms with Gasteiger partial charge in [0, 0.05) is 10.7 Å². The molecule has 0 bridgehead atoms. The van der Waals surface area contributed by atoms with Crippen LogP contribution in [0.15, 0.2) is 84.9 Å². The smallest absolute Gasteiger partial charge is 0.251 e. The van der Waals surface area contributed by atoms with Gasteiger partial charge in [0.05, 0.1) is 5.70 Å². The van der Waals surface area contributed by atoms with Crippen molar-refractivity contribution in [2.24, 2.45) is 0 Å². The topological polar surface area (TPSA) is 75.9 Å². The maximum atomic E-state index is 13.0. The number of nitrogens with zero attached hydrogens (tertiary/aromatic N) is 5. The molecule has 0 aliphatic carbocycles. The highest BCUT2D eigenvalue weighted by Gasteiger charge is 2.31. The highest BCUT2D eigenvalue weighted by Crippen LogP contribution is 2.36. The second-order valence-corrected chi connectivity index (χ2v) is 8.28. The second-order valence-electron chi connectivity index (χ2n) is 7.84. The number of fused-ring (bicyclic) bond motifs is 1. The van der Waals surface area contributed by atoms with E-state index in [0.29, 0.717) is 11.0 Å². The Bertz CT molecular complexity index is 1320. The number of carbonyl (C=O) groups is 1. The summed E-state index contributed by atoms with van der Waals surface area (Å²) in [6.45, 7) is 2.03. The first-order chi connectivity index (χ1) is 16.1. The largest absolute Gasteiger partial charge is 0.325 e. The van der Waals surface area contributed by atoms with Gasteiger partial charge in [-0.15, -0.1) is 0 Å². The van der Waals surface area contributed by atoms with Crippen molar-refractivity contribution in [3.63, 3.8) is 0 Å². The van der Waals surface area contributed by atoms with Crippen LogP contribution in [0.5, 0.6) is 0 Å². The SMILES string of the molecule is Cc1cccc(NC(=O)CN2C(c3ccc(Cl)cc3)=C[C@H](c3ccccc3)n3nnnc32)c1. The van der Waals surface area contributed by atoms with Crippen molar-refractivity contribution in [3.05, 3.63) is 107 Å². The summed E-state index contributed by atoms with van der Waals surface area (Å²) in [6.07, 6.45) is 2.07. The van der Waals surface area contributed by atoms with E-state index in [2.05, 4.69) is 26.9 Å². The van der Waals surface area contributed by atoms with E-state index in [-0.39, 0.29) is 18.5 Å². The van der Waals surface area contributed by atoms with E-state index in [0.717, 1.165) is 28.1 Å². The first kappa shape index (κ1) is 20.9. The van der Waals surface area contributed by atoms with Crippen LogP contribution >= 0.6 is 11.6 Å². The van der Waals surface area contributed by atoms with Crippen LogP contribution in [0.2, 0.25) is 5.02 Å². The number of amides is 1. The van der Waals surface area contributed by atoms with Gasteiger partial charge in [0.1, 0.15) is 12.6 Å². The molecule has 0 spiro atoms. The Morgan fingerprint density at radius 1 is 1.03 bits per heavy atom. The van der Waals surface area contributed by atoms with E-state index < -0.39 is 0 Å². The normalized spacial score (nSPS) is 15.0. The third-order valence-corrected chi connectivity index (χ3v) is 5.72. The molecule has 7 nitrogen and oxygen atoms in total. The van der Waals surface area contributed by atoms with Crippen LogP contribution in [0.4, 0.5) is 11.6 Å². The molecule has 1 atom stereocenters. The number of benzene rings is 3. The lowest BCUT2D eigenvalue weighted by molar-refractivity contribution is -0.114. The van der Waals surface area contributed by atoms with Gasteiger partial charge in [-0.25, -0.2) is 0 Å². The van der Waals surface area contributed by atoms with Crippen molar-refractivity contribution in [1.29, 1.82) is 0 Å². The molecule has 0 saturated carbocycles. The van der Waals surface area contributed by atoms with E-state index in [9.17, 15) is 4.79 Å². The fraction of sp³-hybridized carbons (Fsp3) is 0.120. The van der Waals surface area contributed by atoms with Crippen molar-refractivity contribution in [3.8, 4) is 0 Å². The summed E-state index contributed by atoms with van der Waals surface area (Å²) in [5.41, 5.74) is 4.61. The Balaban J connectivity index is 1.53. The third kappa shape index (κ3) is 4.36. The van der Waals surface area contributed by atoms with E-state index >= 15 is 0 Å². The maximum Gasteiger partial charge on any atom is 0.251 e. The van der Waals surface area contributed by atoms with Crippen LogP contribution in [0.1, 0.15) is 22.7 Å². The number of rotatable bonds is 5. The molecule has 1 aromatic heterocycles. The fourth-order valence-electron chi connectivity index (χ4n) is 3.95. The molecule has 5 rings (SSSR count). The van der Waals surface area contributed by atoms with Gasteiger partial charge in [0.2, 0.25) is 5.91 Å². The van der Waals surface area contributed by atoms with Crippen molar-refractivity contribution >= 4 is 34.8 Å². The Hall–Kier alpha value is -3.97. The molecule has 0 radical (unpaired) electrons. The second kappa shape index (κ2) is 8.88. The van der Waals surface area contributed by atoms with Gasteiger partial charge in [-0.2, -0.15) is 4.68 Å². The van der Waals surface area contributed by atoms with Gasteiger partial charge < -0.3 is 5.32 Å². The molecule has 1 N–H and O–H groups in total. The molecule has 3 aromatic carbocycles. The number of hydrogen-bond acceptors (Lipinski definition) is 5. The highest BCUT2D eigenvalue weighted by atomic mass is 35.5. The third-order valence-electron chi connectivity index (χ3n) is 5.47. The quantitative estimate of drug-likeness (QED) is 0.470. The lowest BCUT2D eigenvalue weighted by atomic mass is 10.0. The summed E-state index contributed by atoms with van der Waals surface area (Å²) in [5, 5.41) is 16.0. The van der Waals surface area contributed by atoms with Crippen molar-refractivity contribution in [1.82, 2.24) is 20.2 Å². The lowest BCUT2D eigenvalue weighted by Gasteiger charge is -2.32. The van der Waals surface area contributed by atoms with E-state index in [1.54, 1.807) is 4.68 Å². The fourth-order valence-corrected chi connectivity index (χ4v) is 4.07. The maximum absolute atomic E-state index is 13.0. The zero-order valence-corrected chi connectivity index (χ0v) is 18.6. The van der Waals surface area contributed by atoms with E-state index in [4.69, 9.17) is 11.6 Å². The van der Waals surface area contributed by atoms with Crippen molar-refractivity contribution < 1.29 is 4.79 Å². The average Bonchev–Trinajstić information content (AvgIpc) is 3.31. The molecule has 0 saturated heterocycles. The highest BCUT2D eigenvalue weighted by molar-refractivity contribution is 6.30. The number of nitrogens with one attached hydrogen (secondary N) is 1. The predicted molar refractivity (Wildman–Crippen MR) is 129 cm³/mol. The number of aryl methyl sites for hydroxylation is 1. The van der Waals surface area contributed by atoms with Gasteiger partial charge in [-0.3, -0.25) is 9.69 Å². The summed E-state index contributed by atoms with van der Waals surface area (Å²) < 4.78 is 1.73. The molecule has 0 fully saturated rings. The molecule has 4 aromatic rings.